The predicted octanol–water partition coefficient (Wildman–Crippen LogP) is 0.802. The molecule has 0 aromatic rings. The van der Waals surface area contributed by atoms with Crippen LogP contribution >= 0.6 is 0 Å². The molecular weight excluding hydrogens is 124 g/mol. The average molecular weight is 141 g/mol. The molecule has 1 saturated heterocycles. The summed E-state index contributed by atoms with van der Waals surface area (Å²) >= 11 is 0. The van der Waals surface area contributed by atoms with Crippen molar-refractivity contribution < 1.29 is 0 Å². The highest BCUT2D eigenvalue weighted by atomic mass is 15.3. The number of rotatable bonds is 0. The Labute approximate surface area is 63.8 Å². The van der Waals surface area contributed by atoms with Gasteiger partial charge in [-0.2, -0.15) is 0 Å². The van der Waals surface area contributed by atoms with Gasteiger partial charge < -0.3 is 0 Å². The Morgan fingerprint density at radius 1 is 1.20 bits per heavy atom. The second kappa shape index (κ2) is 2.89. The summed E-state index contributed by atoms with van der Waals surface area (Å²) in [5.74, 6) is 0. The van der Waals surface area contributed by atoms with Crippen molar-refractivity contribution in [1.82, 2.24) is 9.80 Å². The van der Waals surface area contributed by atoms with Crippen LogP contribution in [0.4, 0.5) is 0 Å². The Morgan fingerprint density at radius 3 is 2.00 bits per heavy atom. The fourth-order valence-electron chi connectivity index (χ4n) is 1.51. The summed E-state index contributed by atoms with van der Waals surface area (Å²) in [4.78, 5) is 4.55. The van der Waals surface area contributed by atoms with Gasteiger partial charge >= 0.3 is 0 Å². The topological polar surface area (TPSA) is 6.48 Å². The molecule has 0 aromatic heterocycles. The normalized spacial score (nSPS) is 38.4. The molecule has 1 heterocycles. The van der Waals surface area contributed by atoms with Crippen molar-refractivity contribution in [2.75, 3.05) is 20.1 Å². The van der Waals surface area contributed by atoms with E-state index in [-0.39, 0.29) is 0 Å². The molecule has 2 nitrogen and oxygen atoms in total. The number of nitrogens with zero attached hydrogens (tertiary/aromatic N) is 2. The number of likely N-dealkylation sites (N-methyl/N-ethyl adjacent to an activating group) is 1. The van der Waals surface area contributed by atoms with E-state index >= 15 is 0 Å². The summed E-state index contributed by atoms with van der Waals surface area (Å²) in [6.45, 7) is 6.68. The van der Waals surface area contributed by atoms with Crippen molar-refractivity contribution in [3.05, 3.63) is 7.05 Å². The largest absolute Gasteiger partial charge is 0.299 e. The van der Waals surface area contributed by atoms with Crippen molar-refractivity contribution in [3.8, 4) is 0 Å². The van der Waals surface area contributed by atoms with Gasteiger partial charge in [-0.15, -0.1) is 0 Å². The second-order valence-electron chi connectivity index (χ2n) is 3.40. The first-order chi connectivity index (χ1) is 4.61. The average Bonchev–Trinajstić information content (AvgIpc) is 1.82. The highest BCUT2D eigenvalue weighted by Crippen LogP contribution is 2.11. The fraction of sp³-hybridized carbons (Fsp3) is 0.875. The summed E-state index contributed by atoms with van der Waals surface area (Å²) in [5, 5.41) is 0. The van der Waals surface area contributed by atoms with E-state index in [2.05, 4.69) is 37.7 Å². The monoisotopic (exact) mass is 141 g/mol. The lowest BCUT2D eigenvalue weighted by Gasteiger charge is -2.40. The van der Waals surface area contributed by atoms with Crippen LogP contribution in [0.15, 0.2) is 0 Å². The van der Waals surface area contributed by atoms with Gasteiger partial charge in [-0.05, 0) is 20.9 Å². The van der Waals surface area contributed by atoms with E-state index in [1.807, 2.05) is 0 Å². The van der Waals surface area contributed by atoms with E-state index in [0.717, 1.165) is 13.1 Å². The molecule has 0 bridgehead atoms. The van der Waals surface area contributed by atoms with Gasteiger partial charge in [-0.25, -0.2) is 0 Å². The molecular formula is C8H17N2. The van der Waals surface area contributed by atoms with Crippen LogP contribution in [0, 0.1) is 7.05 Å². The first kappa shape index (κ1) is 8.02. The van der Waals surface area contributed by atoms with Crippen molar-refractivity contribution in [3.63, 3.8) is 0 Å². The quantitative estimate of drug-likeness (QED) is 0.492. The molecule has 1 fully saturated rings. The molecule has 1 radical (unpaired) electrons. The van der Waals surface area contributed by atoms with Crippen LogP contribution in [0.2, 0.25) is 0 Å². The Kier molecular flexibility index (Phi) is 2.32. The van der Waals surface area contributed by atoms with E-state index in [4.69, 9.17) is 0 Å². The molecule has 2 unspecified atom stereocenters. The van der Waals surface area contributed by atoms with Gasteiger partial charge in [0, 0.05) is 32.2 Å². The lowest BCUT2D eigenvalue weighted by molar-refractivity contribution is 0.0860. The molecule has 1 rings (SSSR count). The van der Waals surface area contributed by atoms with E-state index in [1.165, 1.54) is 0 Å². The van der Waals surface area contributed by atoms with Gasteiger partial charge in [0.25, 0.3) is 0 Å². The molecule has 0 saturated carbocycles. The van der Waals surface area contributed by atoms with Gasteiger partial charge in [0.15, 0.2) is 0 Å². The van der Waals surface area contributed by atoms with Gasteiger partial charge in [0.1, 0.15) is 0 Å². The minimum atomic E-state index is 0.654. The molecule has 0 N–H and O–H groups in total. The highest BCUT2D eigenvalue weighted by molar-refractivity contribution is 4.81. The zero-order valence-electron chi connectivity index (χ0n) is 7.17. The molecule has 0 amide bonds. The van der Waals surface area contributed by atoms with Crippen molar-refractivity contribution in [2.24, 2.45) is 0 Å². The maximum Gasteiger partial charge on any atom is 0.0195 e. The van der Waals surface area contributed by atoms with Crippen LogP contribution < -0.4 is 0 Å². The lowest BCUT2D eigenvalue weighted by Crippen LogP contribution is -2.52. The molecule has 2 atom stereocenters. The minimum Gasteiger partial charge on any atom is -0.299 e. The van der Waals surface area contributed by atoms with Gasteiger partial charge in [-0.1, -0.05) is 0 Å². The van der Waals surface area contributed by atoms with E-state index < -0.39 is 0 Å². The molecule has 59 valence electrons. The van der Waals surface area contributed by atoms with Crippen LogP contribution in [0.1, 0.15) is 13.8 Å². The van der Waals surface area contributed by atoms with Crippen LogP contribution in [0.5, 0.6) is 0 Å². The third-order valence-corrected chi connectivity index (χ3v) is 2.44. The highest BCUT2D eigenvalue weighted by Gasteiger charge is 2.23. The molecule has 2 heteroatoms. The Morgan fingerprint density at radius 2 is 1.60 bits per heavy atom. The lowest BCUT2D eigenvalue weighted by atomic mass is 10.1. The van der Waals surface area contributed by atoms with Crippen LogP contribution in [0.3, 0.4) is 0 Å². The third-order valence-electron chi connectivity index (χ3n) is 2.44. The van der Waals surface area contributed by atoms with E-state index in [9.17, 15) is 0 Å². The minimum absolute atomic E-state index is 0.654. The summed E-state index contributed by atoms with van der Waals surface area (Å²) < 4.78 is 0. The molecule has 10 heavy (non-hydrogen) atoms. The Bertz CT molecular complexity index is 102. The van der Waals surface area contributed by atoms with Gasteiger partial charge in [0.2, 0.25) is 0 Å². The van der Waals surface area contributed by atoms with Crippen LogP contribution in [-0.4, -0.2) is 42.0 Å². The van der Waals surface area contributed by atoms with Gasteiger partial charge in [-0.3, -0.25) is 9.80 Å². The molecule has 0 aliphatic carbocycles. The smallest absolute Gasteiger partial charge is 0.0195 e. The summed E-state index contributed by atoms with van der Waals surface area (Å²) in [7, 11) is 6.12. The first-order valence-electron chi connectivity index (χ1n) is 3.88. The van der Waals surface area contributed by atoms with E-state index in [1.54, 1.807) is 0 Å². The van der Waals surface area contributed by atoms with Crippen LogP contribution in [0.25, 0.3) is 0 Å². The molecule has 0 spiro atoms. The molecule has 0 aromatic carbocycles. The SMILES string of the molecule is [CH2]N1CC(C)N(C)C(C)C1. The summed E-state index contributed by atoms with van der Waals surface area (Å²) in [6, 6.07) is 1.31. The summed E-state index contributed by atoms with van der Waals surface area (Å²) in [5.41, 5.74) is 0. The first-order valence-corrected chi connectivity index (χ1v) is 3.88. The fourth-order valence-corrected chi connectivity index (χ4v) is 1.51. The Hall–Kier alpha value is -0.0800. The van der Waals surface area contributed by atoms with Crippen molar-refractivity contribution in [2.45, 2.75) is 25.9 Å². The zero-order valence-corrected chi connectivity index (χ0v) is 7.17. The van der Waals surface area contributed by atoms with Crippen LogP contribution in [-0.2, 0) is 0 Å². The zero-order chi connectivity index (χ0) is 7.72. The van der Waals surface area contributed by atoms with Crippen molar-refractivity contribution in [1.29, 1.82) is 0 Å². The summed E-state index contributed by atoms with van der Waals surface area (Å²) in [6.07, 6.45) is 0. The number of hydrogen-bond acceptors (Lipinski definition) is 2. The predicted molar refractivity (Wildman–Crippen MR) is 43.6 cm³/mol. The Balaban J connectivity index is 2.49. The maximum atomic E-state index is 3.94. The van der Waals surface area contributed by atoms with E-state index in [0.29, 0.717) is 12.1 Å². The number of piperazine rings is 1. The molecule has 1 aliphatic heterocycles. The van der Waals surface area contributed by atoms with Crippen molar-refractivity contribution >= 4 is 0 Å². The second-order valence-corrected chi connectivity index (χ2v) is 3.40. The maximum absolute atomic E-state index is 3.94. The number of hydrogen-bond donors (Lipinski definition) is 0. The standard InChI is InChI=1S/C8H17N2/c1-7-5-9(3)6-8(2)10(7)4/h7-8H,3,5-6H2,1-2,4H3. The van der Waals surface area contributed by atoms with Gasteiger partial charge in [0.05, 0.1) is 0 Å². The third kappa shape index (κ3) is 1.50. The molecule has 1 aliphatic rings.